The molecule has 0 unspecified atom stereocenters. The molecule has 1 heterocycles. The van der Waals surface area contributed by atoms with Gasteiger partial charge in [-0.1, -0.05) is 20.8 Å². The van der Waals surface area contributed by atoms with Crippen LogP contribution in [0, 0.1) is 5.41 Å². The van der Waals surface area contributed by atoms with Crippen LogP contribution in [0.5, 0.6) is 0 Å². The van der Waals surface area contributed by atoms with E-state index in [9.17, 15) is 9.59 Å². The standard InChI is InChI=1S/C15H27N3O3/c1-7-21-13(19)11-8-16-14(20)17-12(11)9-18(6)10(2)15(3,4)5/h10H,7-9H2,1-6H3,(H2,16,17,20)/t10-/m1/s1. The van der Waals surface area contributed by atoms with E-state index >= 15 is 0 Å². The number of likely N-dealkylation sites (N-methyl/N-ethyl adjacent to an activating group) is 1. The highest BCUT2D eigenvalue weighted by molar-refractivity contribution is 5.93. The molecule has 1 aliphatic heterocycles. The number of carbonyl (C=O) groups is 2. The van der Waals surface area contributed by atoms with Crippen LogP contribution in [0.25, 0.3) is 0 Å². The largest absolute Gasteiger partial charge is 0.463 e. The highest BCUT2D eigenvalue weighted by Gasteiger charge is 2.28. The van der Waals surface area contributed by atoms with Gasteiger partial charge in [0.25, 0.3) is 0 Å². The Labute approximate surface area is 126 Å². The molecule has 1 atom stereocenters. The lowest BCUT2D eigenvalue weighted by Gasteiger charge is -2.36. The topological polar surface area (TPSA) is 70.7 Å². The summed E-state index contributed by atoms with van der Waals surface area (Å²) in [6.45, 7) is 11.4. The summed E-state index contributed by atoms with van der Waals surface area (Å²) >= 11 is 0. The molecule has 0 fully saturated rings. The van der Waals surface area contributed by atoms with Crippen molar-refractivity contribution in [3.8, 4) is 0 Å². The number of hydrogen-bond acceptors (Lipinski definition) is 4. The molecule has 0 aromatic heterocycles. The Morgan fingerprint density at radius 1 is 1.43 bits per heavy atom. The van der Waals surface area contributed by atoms with Crippen molar-refractivity contribution in [1.29, 1.82) is 0 Å². The molecule has 1 rings (SSSR count). The normalized spacial score (nSPS) is 17.4. The van der Waals surface area contributed by atoms with E-state index in [4.69, 9.17) is 4.74 Å². The number of carbonyl (C=O) groups excluding carboxylic acids is 2. The third-order valence-electron chi connectivity index (χ3n) is 3.90. The van der Waals surface area contributed by atoms with E-state index in [-0.39, 0.29) is 24.0 Å². The van der Waals surface area contributed by atoms with Crippen molar-refractivity contribution in [2.75, 3.05) is 26.7 Å². The first-order valence-electron chi connectivity index (χ1n) is 7.31. The molecule has 21 heavy (non-hydrogen) atoms. The third kappa shape index (κ3) is 4.74. The maximum absolute atomic E-state index is 12.0. The van der Waals surface area contributed by atoms with Crippen molar-refractivity contribution >= 4 is 12.0 Å². The van der Waals surface area contributed by atoms with E-state index in [1.165, 1.54) is 0 Å². The summed E-state index contributed by atoms with van der Waals surface area (Å²) in [5, 5.41) is 5.34. The van der Waals surface area contributed by atoms with Crippen molar-refractivity contribution < 1.29 is 14.3 Å². The second-order valence-corrected chi connectivity index (χ2v) is 6.44. The smallest absolute Gasteiger partial charge is 0.337 e. The summed E-state index contributed by atoms with van der Waals surface area (Å²) < 4.78 is 5.05. The van der Waals surface area contributed by atoms with Crippen molar-refractivity contribution in [1.82, 2.24) is 15.5 Å². The molecule has 0 aromatic carbocycles. The van der Waals surface area contributed by atoms with E-state index in [1.54, 1.807) is 6.92 Å². The lowest BCUT2D eigenvalue weighted by atomic mass is 9.87. The number of urea groups is 1. The first-order chi connectivity index (χ1) is 9.66. The minimum Gasteiger partial charge on any atom is -0.463 e. The Bertz CT molecular complexity index is 438. The Morgan fingerprint density at radius 2 is 2.05 bits per heavy atom. The average Bonchev–Trinajstić information content (AvgIpc) is 2.37. The van der Waals surface area contributed by atoms with Crippen molar-refractivity contribution in [3.05, 3.63) is 11.3 Å². The van der Waals surface area contributed by atoms with Crippen LogP contribution < -0.4 is 10.6 Å². The average molecular weight is 297 g/mol. The molecule has 0 saturated heterocycles. The van der Waals surface area contributed by atoms with Gasteiger partial charge in [-0.25, -0.2) is 9.59 Å². The molecule has 0 spiro atoms. The molecule has 6 nitrogen and oxygen atoms in total. The highest BCUT2D eigenvalue weighted by Crippen LogP contribution is 2.24. The maximum Gasteiger partial charge on any atom is 0.337 e. The van der Waals surface area contributed by atoms with Crippen LogP contribution in [0.3, 0.4) is 0 Å². The van der Waals surface area contributed by atoms with Gasteiger partial charge in [-0.15, -0.1) is 0 Å². The van der Waals surface area contributed by atoms with Gasteiger partial charge in [0.05, 0.1) is 18.7 Å². The van der Waals surface area contributed by atoms with Gasteiger partial charge in [-0.3, -0.25) is 4.90 Å². The van der Waals surface area contributed by atoms with Crippen LogP contribution in [0.2, 0.25) is 0 Å². The van der Waals surface area contributed by atoms with Crippen LogP contribution in [0.4, 0.5) is 4.79 Å². The number of nitrogens with zero attached hydrogens (tertiary/aromatic N) is 1. The zero-order valence-electron chi connectivity index (χ0n) is 13.9. The summed E-state index contributed by atoms with van der Waals surface area (Å²) in [6.07, 6.45) is 0. The molecule has 2 amide bonds. The molecule has 6 heteroatoms. The Morgan fingerprint density at radius 3 is 2.57 bits per heavy atom. The first kappa shape index (κ1) is 17.5. The molecule has 0 aromatic rings. The predicted molar refractivity (Wildman–Crippen MR) is 81.7 cm³/mol. The molecule has 0 radical (unpaired) electrons. The molecule has 0 saturated carbocycles. The number of esters is 1. The number of ether oxygens (including phenoxy) is 1. The summed E-state index contributed by atoms with van der Waals surface area (Å²) in [7, 11) is 1.99. The second-order valence-electron chi connectivity index (χ2n) is 6.44. The summed E-state index contributed by atoms with van der Waals surface area (Å²) in [5.41, 5.74) is 1.22. The lowest BCUT2D eigenvalue weighted by Crippen LogP contribution is -2.48. The SMILES string of the molecule is CCOC(=O)C1=C(CN(C)[C@H](C)C(C)(C)C)NC(=O)NC1. The molecule has 0 bridgehead atoms. The van der Waals surface area contributed by atoms with Gasteiger partial charge in [-0.05, 0) is 26.3 Å². The highest BCUT2D eigenvalue weighted by atomic mass is 16.5. The van der Waals surface area contributed by atoms with Crippen molar-refractivity contribution in [2.45, 2.75) is 40.7 Å². The fourth-order valence-corrected chi connectivity index (χ4v) is 2.13. The maximum atomic E-state index is 12.0. The minimum absolute atomic E-state index is 0.107. The number of rotatable bonds is 5. The molecular formula is C15H27N3O3. The van der Waals surface area contributed by atoms with Gasteiger partial charge in [0.15, 0.2) is 0 Å². The van der Waals surface area contributed by atoms with Gasteiger partial charge in [0.2, 0.25) is 0 Å². The zero-order valence-corrected chi connectivity index (χ0v) is 13.9. The Balaban J connectivity index is 2.92. The van der Waals surface area contributed by atoms with E-state index < -0.39 is 0 Å². The zero-order chi connectivity index (χ0) is 16.2. The summed E-state index contributed by atoms with van der Waals surface area (Å²) in [6, 6.07) is 0.00935. The van der Waals surface area contributed by atoms with Crippen molar-refractivity contribution in [3.63, 3.8) is 0 Å². The van der Waals surface area contributed by atoms with Crippen LogP contribution in [-0.4, -0.2) is 49.7 Å². The lowest BCUT2D eigenvalue weighted by molar-refractivity contribution is -0.138. The Kier molecular flexibility index (Phi) is 5.78. The monoisotopic (exact) mass is 297 g/mol. The molecule has 0 aliphatic carbocycles. The third-order valence-corrected chi connectivity index (χ3v) is 3.90. The number of amides is 2. The van der Waals surface area contributed by atoms with E-state index in [0.717, 1.165) is 0 Å². The van der Waals surface area contributed by atoms with Crippen LogP contribution in [0.15, 0.2) is 11.3 Å². The van der Waals surface area contributed by atoms with E-state index in [2.05, 4.69) is 43.2 Å². The quantitative estimate of drug-likeness (QED) is 0.754. The van der Waals surface area contributed by atoms with Gasteiger partial charge in [-0.2, -0.15) is 0 Å². The molecule has 1 aliphatic rings. The fraction of sp³-hybridized carbons (Fsp3) is 0.733. The van der Waals surface area contributed by atoms with Gasteiger partial charge in [0, 0.05) is 18.3 Å². The predicted octanol–water partition coefficient (Wildman–Crippen LogP) is 1.48. The Hall–Kier alpha value is -1.56. The van der Waals surface area contributed by atoms with Gasteiger partial charge in [0.1, 0.15) is 0 Å². The first-order valence-corrected chi connectivity index (χ1v) is 7.31. The summed E-state index contributed by atoms with van der Waals surface area (Å²) in [5.74, 6) is -0.378. The van der Waals surface area contributed by atoms with E-state index in [1.807, 2.05) is 7.05 Å². The van der Waals surface area contributed by atoms with Crippen molar-refractivity contribution in [2.24, 2.45) is 5.41 Å². The van der Waals surface area contributed by atoms with Crippen LogP contribution in [0.1, 0.15) is 34.6 Å². The molecule has 120 valence electrons. The summed E-state index contributed by atoms with van der Waals surface area (Å²) in [4.78, 5) is 25.6. The number of nitrogens with one attached hydrogen (secondary N) is 2. The van der Waals surface area contributed by atoms with Gasteiger partial charge < -0.3 is 15.4 Å². The van der Waals surface area contributed by atoms with E-state index in [0.29, 0.717) is 30.5 Å². The second kappa shape index (κ2) is 6.93. The molecular weight excluding hydrogens is 270 g/mol. The number of hydrogen-bond donors (Lipinski definition) is 2. The van der Waals surface area contributed by atoms with Crippen LogP contribution in [-0.2, 0) is 9.53 Å². The van der Waals surface area contributed by atoms with Gasteiger partial charge >= 0.3 is 12.0 Å². The van der Waals surface area contributed by atoms with Crippen LogP contribution >= 0.6 is 0 Å². The molecule has 2 N–H and O–H groups in total. The minimum atomic E-state index is -0.378. The fourth-order valence-electron chi connectivity index (χ4n) is 2.13.